The summed E-state index contributed by atoms with van der Waals surface area (Å²) in [5.74, 6) is 0.326. The maximum absolute atomic E-state index is 13.5. The summed E-state index contributed by atoms with van der Waals surface area (Å²) >= 11 is 6.03. The van der Waals surface area contributed by atoms with Crippen molar-refractivity contribution >= 4 is 45.0 Å². The standard InChI is InChI=1S/C27H25ClN6O3/c1-13-9-18(15(3)31-20-6-8-22(28)32-23(20)27(29)33-36)26-19(10-13)24(35)14(2)25(37-26)16-5-7-21-17(11-16)12-30-34(21)4/h5-12,15,31,36H,1-4H3,(H2,29,33)/t15-/m1/s1. The topological polar surface area (TPSA) is 132 Å². The summed E-state index contributed by atoms with van der Waals surface area (Å²) in [6.45, 7) is 5.64. The Morgan fingerprint density at radius 2 is 2.00 bits per heavy atom. The van der Waals surface area contributed by atoms with Crippen molar-refractivity contribution in [3.8, 4) is 11.3 Å². The fraction of sp³-hybridized carbons (Fsp3) is 0.185. The molecular weight excluding hydrogens is 492 g/mol. The van der Waals surface area contributed by atoms with E-state index in [1.165, 1.54) is 0 Å². The van der Waals surface area contributed by atoms with Crippen LogP contribution in [0.15, 0.2) is 63.0 Å². The second kappa shape index (κ2) is 9.25. The normalized spacial score (nSPS) is 12.8. The third-order valence-corrected chi connectivity index (χ3v) is 6.66. The summed E-state index contributed by atoms with van der Waals surface area (Å²) in [6, 6.07) is 12.6. The van der Waals surface area contributed by atoms with Gasteiger partial charge in [-0.25, -0.2) is 4.98 Å². The molecule has 0 aliphatic rings. The monoisotopic (exact) mass is 516 g/mol. The van der Waals surface area contributed by atoms with Gasteiger partial charge in [0.05, 0.1) is 28.8 Å². The summed E-state index contributed by atoms with van der Waals surface area (Å²) in [7, 11) is 1.88. The van der Waals surface area contributed by atoms with E-state index in [0.717, 1.165) is 27.6 Å². The smallest absolute Gasteiger partial charge is 0.196 e. The lowest BCUT2D eigenvalue weighted by molar-refractivity contribution is 0.318. The van der Waals surface area contributed by atoms with E-state index in [1.807, 2.05) is 51.2 Å². The summed E-state index contributed by atoms with van der Waals surface area (Å²) in [4.78, 5) is 17.7. The number of aryl methyl sites for hydroxylation is 2. The van der Waals surface area contributed by atoms with Crippen LogP contribution in [-0.2, 0) is 7.05 Å². The number of amidine groups is 1. The first-order valence-corrected chi connectivity index (χ1v) is 12.0. The van der Waals surface area contributed by atoms with Crippen molar-refractivity contribution in [2.45, 2.75) is 26.8 Å². The highest BCUT2D eigenvalue weighted by Gasteiger charge is 2.21. The Morgan fingerprint density at radius 1 is 1.22 bits per heavy atom. The molecule has 3 heterocycles. The molecule has 0 bridgehead atoms. The number of hydrogen-bond acceptors (Lipinski definition) is 7. The summed E-state index contributed by atoms with van der Waals surface area (Å²) in [5.41, 5.74) is 10.9. The van der Waals surface area contributed by atoms with Crippen molar-refractivity contribution in [1.82, 2.24) is 14.8 Å². The third-order valence-electron chi connectivity index (χ3n) is 6.45. The number of nitrogens with one attached hydrogen (secondary N) is 1. The van der Waals surface area contributed by atoms with E-state index in [4.69, 9.17) is 21.8 Å². The largest absolute Gasteiger partial charge is 0.455 e. The van der Waals surface area contributed by atoms with Crippen molar-refractivity contribution in [3.05, 3.63) is 86.4 Å². The van der Waals surface area contributed by atoms with E-state index in [-0.39, 0.29) is 28.2 Å². The minimum Gasteiger partial charge on any atom is -0.455 e. The molecule has 0 fully saturated rings. The van der Waals surface area contributed by atoms with Crippen LogP contribution in [0, 0.1) is 13.8 Å². The fourth-order valence-electron chi connectivity index (χ4n) is 4.57. The second-order valence-electron chi connectivity index (χ2n) is 9.04. The van der Waals surface area contributed by atoms with Crippen LogP contribution < -0.4 is 16.5 Å². The fourth-order valence-corrected chi connectivity index (χ4v) is 4.72. The van der Waals surface area contributed by atoms with Gasteiger partial charge in [-0.15, -0.1) is 0 Å². The van der Waals surface area contributed by atoms with Crippen LogP contribution in [0.5, 0.6) is 0 Å². The molecule has 37 heavy (non-hydrogen) atoms. The van der Waals surface area contributed by atoms with Crippen LogP contribution in [0.25, 0.3) is 33.2 Å². The SMILES string of the molecule is Cc1cc([C@@H](C)Nc2ccc(Cl)nc2/C(N)=N/O)c2oc(-c3ccc4c(cnn4C)c3)c(C)c(=O)c2c1. The van der Waals surface area contributed by atoms with Crippen molar-refractivity contribution in [3.63, 3.8) is 0 Å². The first kappa shape index (κ1) is 24.3. The van der Waals surface area contributed by atoms with Gasteiger partial charge in [-0.2, -0.15) is 5.10 Å². The Bertz CT molecular complexity index is 1770. The molecule has 9 nitrogen and oxygen atoms in total. The van der Waals surface area contributed by atoms with Crippen LogP contribution >= 0.6 is 11.6 Å². The minimum atomic E-state index is -0.338. The van der Waals surface area contributed by atoms with Gasteiger partial charge in [0, 0.05) is 29.1 Å². The van der Waals surface area contributed by atoms with Crippen molar-refractivity contribution < 1.29 is 9.62 Å². The number of anilines is 1. The zero-order valence-electron chi connectivity index (χ0n) is 20.7. The maximum atomic E-state index is 13.5. The molecule has 0 unspecified atom stereocenters. The molecule has 0 radical (unpaired) electrons. The minimum absolute atomic E-state index is 0.0924. The van der Waals surface area contributed by atoms with Gasteiger partial charge in [-0.1, -0.05) is 22.8 Å². The molecule has 4 N–H and O–H groups in total. The zero-order valence-corrected chi connectivity index (χ0v) is 21.5. The molecule has 10 heteroatoms. The number of halogens is 1. The Kier molecular flexibility index (Phi) is 6.08. The van der Waals surface area contributed by atoms with Gasteiger partial charge in [-0.3, -0.25) is 9.48 Å². The highest BCUT2D eigenvalue weighted by Crippen LogP contribution is 2.33. The van der Waals surface area contributed by atoms with Crippen molar-refractivity contribution in [2.24, 2.45) is 17.9 Å². The molecule has 0 spiro atoms. The molecular formula is C27H25ClN6O3. The first-order valence-electron chi connectivity index (χ1n) is 11.6. The number of oxime groups is 1. The lowest BCUT2D eigenvalue weighted by Crippen LogP contribution is -2.19. The third kappa shape index (κ3) is 4.27. The number of benzene rings is 2. The van der Waals surface area contributed by atoms with E-state index in [2.05, 4.69) is 20.6 Å². The van der Waals surface area contributed by atoms with Gasteiger partial charge < -0.3 is 20.7 Å². The van der Waals surface area contributed by atoms with Gasteiger partial charge in [0.1, 0.15) is 22.2 Å². The van der Waals surface area contributed by atoms with Gasteiger partial charge in [0.25, 0.3) is 0 Å². The van der Waals surface area contributed by atoms with Crippen LogP contribution in [0.1, 0.15) is 35.3 Å². The number of rotatable bonds is 5. The average molecular weight is 517 g/mol. The number of nitrogens with two attached hydrogens (primary N) is 1. The molecule has 2 aromatic carbocycles. The number of pyridine rings is 1. The Labute approximate surface area is 217 Å². The van der Waals surface area contributed by atoms with E-state index in [0.29, 0.717) is 28.0 Å². The molecule has 5 aromatic rings. The predicted octanol–water partition coefficient (Wildman–Crippen LogP) is 5.28. The molecule has 3 aromatic heterocycles. The van der Waals surface area contributed by atoms with E-state index < -0.39 is 0 Å². The van der Waals surface area contributed by atoms with Crippen molar-refractivity contribution in [1.29, 1.82) is 0 Å². The van der Waals surface area contributed by atoms with Gasteiger partial charge in [0.15, 0.2) is 11.3 Å². The molecule has 0 aliphatic carbocycles. The lowest BCUT2D eigenvalue weighted by Gasteiger charge is -2.20. The molecule has 188 valence electrons. The quantitative estimate of drug-likeness (QED) is 0.0951. The zero-order chi connectivity index (χ0) is 26.4. The van der Waals surface area contributed by atoms with Gasteiger partial charge >= 0.3 is 0 Å². The van der Waals surface area contributed by atoms with E-state index >= 15 is 0 Å². The summed E-state index contributed by atoms with van der Waals surface area (Å²) in [6.07, 6.45) is 1.78. The number of fused-ring (bicyclic) bond motifs is 2. The highest BCUT2D eigenvalue weighted by atomic mass is 35.5. The highest BCUT2D eigenvalue weighted by molar-refractivity contribution is 6.29. The number of hydrogen-bond donors (Lipinski definition) is 3. The molecule has 5 rings (SSSR count). The predicted molar refractivity (Wildman–Crippen MR) is 145 cm³/mol. The van der Waals surface area contributed by atoms with Gasteiger partial charge in [0.2, 0.25) is 0 Å². The first-order chi connectivity index (χ1) is 17.7. The molecule has 0 aliphatic heterocycles. The maximum Gasteiger partial charge on any atom is 0.196 e. The van der Waals surface area contributed by atoms with Crippen LogP contribution in [0.2, 0.25) is 5.15 Å². The lowest BCUT2D eigenvalue weighted by atomic mass is 9.98. The molecule has 0 saturated carbocycles. The molecule has 0 saturated heterocycles. The number of nitrogens with zero attached hydrogens (tertiary/aromatic N) is 4. The summed E-state index contributed by atoms with van der Waals surface area (Å²) in [5, 5.41) is 21.6. The number of aromatic nitrogens is 3. The van der Waals surface area contributed by atoms with Crippen LogP contribution in [0.4, 0.5) is 5.69 Å². The van der Waals surface area contributed by atoms with E-state index in [9.17, 15) is 10.0 Å². The van der Waals surface area contributed by atoms with Crippen LogP contribution in [0.3, 0.4) is 0 Å². The molecule has 0 amide bonds. The van der Waals surface area contributed by atoms with Gasteiger partial charge in [-0.05, 0) is 62.7 Å². The van der Waals surface area contributed by atoms with Crippen LogP contribution in [-0.4, -0.2) is 25.8 Å². The Morgan fingerprint density at radius 3 is 2.76 bits per heavy atom. The molecule has 1 atom stereocenters. The average Bonchev–Trinajstić information content (AvgIpc) is 3.26. The summed E-state index contributed by atoms with van der Waals surface area (Å²) < 4.78 is 8.28. The van der Waals surface area contributed by atoms with E-state index in [1.54, 1.807) is 29.9 Å². The Balaban J connectivity index is 1.66. The second-order valence-corrected chi connectivity index (χ2v) is 9.43. The van der Waals surface area contributed by atoms with Crippen molar-refractivity contribution in [2.75, 3.05) is 5.32 Å². The Hall–Kier alpha value is -4.37.